The Kier molecular flexibility index (Phi) is 4.58. The first-order valence-corrected chi connectivity index (χ1v) is 9.64. The minimum atomic E-state index is -3.77. The maximum absolute atomic E-state index is 12.6. The molecule has 5 nitrogen and oxygen atoms in total. The number of hydrogen-bond acceptors (Lipinski definition) is 3. The maximum Gasteiger partial charge on any atom is 0.265 e. The Hall–Kier alpha value is -1.24. The molecule has 1 aliphatic carbocycles. The van der Waals surface area contributed by atoms with Crippen molar-refractivity contribution in [1.29, 1.82) is 0 Å². The summed E-state index contributed by atoms with van der Waals surface area (Å²) in [5.74, 6) is 0. The molecule has 0 radical (unpaired) electrons. The van der Waals surface area contributed by atoms with E-state index in [0.29, 0.717) is 15.7 Å². The summed E-state index contributed by atoms with van der Waals surface area (Å²) in [6.07, 6.45) is 5.98. The van der Waals surface area contributed by atoms with Crippen molar-refractivity contribution in [1.82, 2.24) is 9.78 Å². The van der Waals surface area contributed by atoms with Crippen molar-refractivity contribution in [3.63, 3.8) is 0 Å². The molecule has 0 aliphatic heterocycles. The fraction of sp³-hybridized carbons (Fsp3) is 0.400. The predicted octanol–water partition coefficient (Wildman–Crippen LogP) is 4.41. The molecule has 1 aromatic heterocycles. The van der Waals surface area contributed by atoms with Gasteiger partial charge >= 0.3 is 0 Å². The van der Waals surface area contributed by atoms with E-state index in [-0.39, 0.29) is 16.6 Å². The van der Waals surface area contributed by atoms with Crippen molar-refractivity contribution >= 4 is 38.9 Å². The summed E-state index contributed by atoms with van der Waals surface area (Å²) in [5.41, 5.74) is 0.731. The molecule has 2 aromatic rings. The summed E-state index contributed by atoms with van der Waals surface area (Å²) in [4.78, 5) is 0.167. The molecule has 0 amide bonds. The fourth-order valence-electron chi connectivity index (χ4n) is 2.86. The van der Waals surface area contributed by atoms with Crippen LogP contribution < -0.4 is 4.72 Å². The Balaban J connectivity index is 1.91. The maximum atomic E-state index is 12.6. The minimum Gasteiger partial charge on any atom is -0.278 e. The number of nitrogens with one attached hydrogen (secondary N) is 1. The molecule has 124 valence electrons. The lowest BCUT2D eigenvalue weighted by Crippen LogP contribution is -2.14. The van der Waals surface area contributed by atoms with E-state index in [1.165, 1.54) is 6.07 Å². The standard InChI is InChI=1S/C15H17Cl2N3O2S/c1-10-15(9-20(18-10)12-4-2-3-5-12)23(21,22)19-14-8-11(16)6-7-13(14)17/h6-9,12,19H,2-5H2,1H3. The van der Waals surface area contributed by atoms with Gasteiger partial charge in [-0.2, -0.15) is 5.10 Å². The van der Waals surface area contributed by atoms with Gasteiger partial charge in [0.15, 0.2) is 0 Å². The van der Waals surface area contributed by atoms with Gasteiger partial charge in [-0.15, -0.1) is 0 Å². The highest BCUT2D eigenvalue weighted by atomic mass is 35.5. The number of nitrogens with zero attached hydrogens (tertiary/aromatic N) is 2. The molecule has 3 rings (SSSR count). The van der Waals surface area contributed by atoms with Gasteiger partial charge < -0.3 is 0 Å². The Morgan fingerprint density at radius 2 is 1.96 bits per heavy atom. The van der Waals surface area contributed by atoms with Crippen molar-refractivity contribution in [2.45, 2.75) is 43.5 Å². The molecule has 1 aromatic carbocycles. The molecule has 1 heterocycles. The number of sulfonamides is 1. The van der Waals surface area contributed by atoms with Crippen LogP contribution in [0.5, 0.6) is 0 Å². The summed E-state index contributed by atoms with van der Waals surface area (Å²) >= 11 is 11.9. The number of anilines is 1. The van der Waals surface area contributed by atoms with E-state index in [1.807, 2.05) is 0 Å². The second-order valence-electron chi connectivity index (χ2n) is 5.73. The first kappa shape index (κ1) is 16.6. The van der Waals surface area contributed by atoms with Crippen LogP contribution in [0.3, 0.4) is 0 Å². The third kappa shape index (κ3) is 3.49. The summed E-state index contributed by atoms with van der Waals surface area (Å²) in [6.45, 7) is 1.69. The van der Waals surface area contributed by atoms with Crippen molar-refractivity contribution < 1.29 is 8.42 Å². The molecule has 1 fully saturated rings. The predicted molar refractivity (Wildman–Crippen MR) is 91.7 cm³/mol. The molecule has 0 unspecified atom stereocenters. The first-order chi connectivity index (χ1) is 10.9. The number of rotatable bonds is 4. The van der Waals surface area contributed by atoms with Crippen LogP contribution in [0, 0.1) is 6.92 Å². The second-order valence-corrected chi connectivity index (χ2v) is 8.22. The van der Waals surface area contributed by atoms with Gasteiger partial charge in [0.25, 0.3) is 10.0 Å². The van der Waals surface area contributed by atoms with Gasteiger partial charge in [0, 0.05) is 11.2 Å². The Morgan fingerprint density at radius 3 is 2.65 bits per heavy atom. The quantitative estimate of drug-likeness (QED) is 0.862. The van der Waals surface area contributed by atoms with Crippen LogP contribution in [-0.2, 0) is 10.0 Å². The van der Waals surface area contributed by atoms with Gasteiger partial charge in [0.05, 0.1) is 22.4 Å². The SMILES string of the molecule is Cc1nn(C2CCCC2)cc1S(=O)(=O)Nc1cc(Cl)ccc1Cl. The van der Waals surface area contributed by atoms with E-state index in [9.17, 15) is 8.42 Å². The zero-order valence-corrected chi connectivity index (χ0v) is 14.9. The van der Waals surface area contributed by atoms with Crippen LogP contribution in [0.25, 0.3) is 0 Å². The third-order valence-electron chi connectivity index (χ3n) is 4.03. The Bertz CT molecular complexity index is 827. The number of aryl methyl sites for hydroxylation is 1. The van der Waals surface area contributed by atoms with Gasteiger partial charge in [-0.1, -0.05) is 36.0 Å². The number of benzene rings is 1. The monoisotopic (exact) mass is 373 g/mol. The van der Waals surface area contributed by atoms with E-state index in [2.05, 4.69) is 9.82 Å². The lowest BCUT2D eigenvalue weighted by Gasteiger charge is -2.10. The van der Waals surface area contributed by atoms with Gasteiger partial charge in [-0.25, -0.2) is 8.42 Å². The molecule has 1 N–H and O–H groups in total. The molecule has 0 spiro atoms. The van der Waals surface area contributed by atoms with Gasteiger partial charge in [0.1, 0.15) is 4.90 Å². The number of aromatic nitrogens is 2. The van der Waals surface area contributed by atoms with Gasteiger partial charge in [-0.3, -0.25) is 9.40 Å². The highest BCUT2D eigenvalue weighted by Gasteiger charge is 2.25. The third-order valence-corrected chi connectivity index (χ3v) is 6.07. The average Bonchev–Trinajstić information content (AvgIpc) is 3.11. The largest absolute Gasteiger partial charge is 0.278 e. The van der Waals surface area contributed by atoms with Crippen molar-refractivity contribution in [3.8, 4) is 0 Å². The van der Waals surface area contributed by atoms with Gasteiger partial charge in [-0.05, 0) is 38.0 Å². The molecule has 0 atom stereocenters. The highest BCUT2D eigenvalue weighted by molar-refractivity contribution is 7.92. The summed E-state index contributed by atoms with van der Waals surface area (Å²) in [6, 6.07) is 4.92. The van der Waals surface area contributed by atoms with Gasteiger partial charge in [0.2, 0.25) is 0 Å². The van der Waals surface area contributed by atoms with E-state index in [1.54, 1.807) is 29.9 Å². The molecule has 0 bridgehead atoms. The van der Waals surface area contributed by atoms with Crippen LogP contribution in [-0.4, -0.2) is 18.2 Å². The Morgan fingerprint density at radius 1 is 1.26 bits per heavy atom. The van der Waals surface area contributed by atoms with Crippen LogP contribution >= 0.6 is 23.2 Å². The second kappa shape index (κ2) is 6.34. The zero-order chi connectivity index (χ0) is 16.6. The molecular formula is C15H17Cl2N3O2S. The molecule has 0 saturated heterocycles. The Labute approximate surface area is 145 Å². The van der Waals surface area contributed by atoms with E-state index < -0.39 is 10.0 Å². The average molecular weight is 374 g/mol. The van der Waals surface area contributed by atoms with Crippen molar-refractivity contribution in [2.24, 2.45) is 0 Å². The smallest absolute Gasteiger partial charge is 0.265 e. The van der Waals surface area contributed by atoms with Crippen molar-refractivity contribution in [3.05, 3.63) is 40.1 Å². The summed E-state index contributed by atoms with van der Waals surface area (Å²) in [5, 5.41) is 5.08. The van der Waals surface area contributed by atoms with Crippen LogP contribution in [0.1, 0.15) is 37.4 Å². The summed E-state index contributed by atoms with van der Waals surface area (Å²) < 4.78 is 29.6. The highest BCUT2D eigenvalue weighted by Crippen LogP contribution is 2.32. The molecule has 23 heavy (non-hydrogen) atoms. The summed E-state index contributed by atoms with van der Waals surface area (Å²) in [7, 11) is -3.77. The normalized spacial score (nSPS) is 16.0. The van der Waals surface area contributed by atoms with Crippen molar-refractivity contribution in [2.75, 3.05) is 4.72 Å². The van der Waals surface area contributed by atoms with E-state index in [4.69, 9.17) is 23.2 Å². The van der Waals surface area contributed by atoms with Crippen LogP contribution in [0.15, 0.2) is 29.3 Å². The lowest BCUT2D eigenvalue weighted by molar-refractivity contribution is 0.464. The first-order valence-electron chi connectivity index (χ1n) is 7.40. The molecule has 1 saturated carbocycles. The number of halogens is 2. The van der Waals surface area contributed by atoms with Crippen LogP contribution in [0.4, 0.5) is 5.69 Å². The fourth-order valence-corrected chi connectivity index (χ4v) is 4.50. The molecule has 8 heteroatoms. The zero-order valence-electron chi connectivity index (χ0n) is 12.6. The van der Waals surface area contributed by atoms with E-state index >= 15 is 0 Å². The topological polar surface area (TPSA) is 64.0 Å². The van der Waals surface area contributed by atoms with E-state index in [0.717, 1.165) is 25.7 Å². The minimum absolute atomic E-state index is 0.167. The molecular weight excluding hydrogens is 357 g/mol. The lowest BCUT2D eigenvalue weighted by atomic mass is 10.3. The van der Waals surface area contributed by atoms with Crippen LogP contribution in [0.2, 0.25) is 10.0 Å². The molecule has 1 aliphatic rings. The number of hydrogen-bond donors (Lipinski definition) is 1.